The predicted molar refractivity (Wildman–Crippen MR) is 133 cm³/mol. The SMILES string of the molecule is CC[C@@H]1CCCN1C(=O)OCC1CCc2c(sc(NC(=O)/C=C/c3cnccc3C)c2C#N)C1. The van der Waals surface area contributed by atoms with Crippen molar-refractivity contribution in [3.63, 3.8) is 0 Å². The molecule has 2 amide bonds. The van der Waals surface area contributed by atoms with Gasteiger partial charge in [0.05, 0.1) is 12.2 Å². The minimum absolute atomic E-state index is 0.206. The maximum atomic E-state index is 12.5. The van der Waals surface area contributed by atoms with Crippen molar-refractivity contribution in [2.24, 2.45) is 5.92 Å². The molecule has 2 aromatic rings. The molecule has 2 atom stereocenters. The van der Waals surface area contributed by atoms with Gasteiger partial charge in [-0.2, -0.15) is 5.26 Å². The monoisotopic (exact) mass is 478 g/mol. The summed E-state index contributed by atoms with van der Waals surface area (Å²) < 4.78 is 5.67. The third kappa shape index (κ3) is 5.31. The number of hydrogen-bond donors (Lipinski definition) is 1. The summed E-state index contributed by atoms with van der Waals surface area (Å²) >= 11 is 1.46. The highest BCUT2D eigenvalue weighted by molar-refractivity contribution is 7.16. The number of amides is 2. The number of rotatable bonds is 6. The van der Waals surface area contributed by atoms with Gasteiger partial charge in [0.25, 0.3) is 0 Å². The van der Waals surface area contributed by atoms with Crippen LogP contribution < -0.4 is 5.32 Å². The van der Waals surface area contributed by atoms with Crippen molar-refractivity contribution >= 4 is 34.4 Å². The number of ether oxygens (including phenoxy) is 1. The van der Waals surface area contributed by atoms with Crippen LogP contribution in [0.4, 0.5) is 9.80 Å². The van der Waals surface area contributed by atoms with E-state index in [1.165, 1.54) is 17.4 Å². The van der Waals surface area contributed by atoms with Crippen LogP contribution in [0.25, 0.3) is 6.08 Å². The minimum Gasteiger partial charge on any atom is -0.449 e. The molecule has 2 aliphatic rings. The summed E-state index contributed by atoms with van der Waals surface area (Å²) in [5.41, 5.74) is 3.48. The van der Waals surface area contributed by atoms with Gasteiger partial charge in [-0.1, -0.05) is 6.92 Å². The van der Waals surface area contributed by atoms with Gasteiger partial charge in [-0.15, -0.1) is 11.3 Å². The number of aryl methyl sites for hydroxylation is 1. The van der Waals surface area contributed by atoms with Gasteiger partial charge in [-0.25, -0.2) is 4.79 Å². The van der Waals surface area contributed by atoms with E-state index in [0.29, 0.717) is 23.2 Å². The molecule has 178 valence electrons. The molecule has 4 rings (SSSR count). The number of likely N-dealkylation sites (tertiary alicyclic amines) is 1. The van der Waals surface area contributed by atoms with Crippen LogP contribution in [0.15, 0.2) is 24.5 Å². The Hall–Kier alpha value is -3.18. The molecule has 1 aliphatic carbocycles. The van der Waals surface area contributed by atoms with Crippen LogP contribution in [0.5, 0.6) is 0 Å². The van der Waals surface area contributed by atoms with Gasteiger partial charge < -0.3 is 15.0 Å². The van der Waals surface area contributed by atoms with Crippen LogP contribution in [0.2, 0.25) is 0 Å². The molecule has 1 aliphatic heterocycles. The Morgan fingerprint density at radius 2 is 2.26 bits per heavy atom. The summed E-state index contributed by atoms with van der Waals surface area (Å²) in [6.45, 7) is 5.23. The number of nitriles is 1. The van der Waals surface area contributed by atoms with E-state index in [9.17, 15) is 14.9 Å². The average molecular weight is 479 g/mol. The molecule has 7 nitrogen and oxygen atoms in total. The maximum Gasteiger partial charge on any atom is 0.410 e. The highest BCUT2D eigenvalue weighted by atomic mass is 32.1. The number of nitrogens with zero attached hydrogens (tertiary/aromatic N) is 3. The standard InChI is InChI=1S/C26H30N4O3S/c1-3-20-5-4-12-30(20)26(32)33-16-18-6-8-21-22(14-27)25(34-23(21)13-18)29-24(31)9-7-19-15-28-11-10-17(19)2/h7,9-11,15,18,20H,3-6,8,12-13,16H2,1-2H3,(H,29,31)/b9-7+/t18?,20-/m1/s1. The topological polar surface area (TPSA) is 95.3 Å². The Bertz CT molecular complexity index is 1130. The number of carbonyl (C=O) groups is 2. The molecule has 0 saturated carbocycles. The zero-order valence-corrected chi connectivity index (χ0v) is 20.5. The minimum atomic E-state index is -0.278. The lowest BCUT2D eigenvalue weighted by Gasteiger charge is -2.26. The number of carbonyl (C=O) groups excluding carboxylic acids is 2. The summed E-state index contributed by atoms with van der Waals surface area (Å²) in [6.07, 6.45) is 11.8. The predicted octanol–water partition coefficient (Wildman–Crippen LogP) is 5.09. The van der Waals surface area contributed by atoms with E-state index in [1.54, 1.807) is 18.5 Å². The molecule has 1 fully saturated rings. The first-order valence-electron chi connectivity index (χ1n) is 11.9. The van der Waals surface area contributed by atoms with E-state index in [1.807, 2.05) is 17.9 Å². The number of fused-ring (bicyclic) bond motifs is 1. The highest BCUT2D eigenvalue weighted by Gasteiger charge is 2.31. The fourth-order valence-corrected chi connectivity index (χ4v) is 6.06. The molecule has 1 unspecified atom stereocenters. The van der Waals surface area contributed by atoms with Crippen LogP contribution in [0, 0.1) is 24.2 Å². The normalized spacial score (nSPS) is 19.6. The average Bonchev–Trinajstić information content (AvgIpc) is 3.45. The third-order valence-electron chi connectivity index (χ3n) is 6.74. The second kappa shape index (κ2) is 10.8. The van der Waals surface area contributed by atoms with Gasteiger partial charge in [0.15, 0.2) is 0 Å². The summed E-state index contributed by atoms with van der Waals surface area (Å²) in [5.74, 6) is -0.0544. The molecule has 0 radical (unpaired) electrons. The molecule has 3 heterocycles. The summed E-state index contributed by atoms with van der Waals surface area (Å²) in [7, 11) is 0. The third-order valence-corrected chi connectivity index (χ3v) is 7.90. The first-order chi connectivity index (χ1) is 16.5. The van der Waals surface area contributed by atoms with Crippen molar-refractivity contribution in [2.45, 2.75) is 58.4 Å². The van der Waals surface area contributed by atoms with Crippen molar-refractivity contribution in [2.75, 3.05) is 18.5 Å². The van der Waals surface area contributed by atoms with Gasteiger partial charge in [0, 0.05) is 35.9 Å². The Balaban J connectivity index is 1.37. The van der Waals surface area contributed by atoms with Crippen molar-refractivity contribution in [1.29, 1.82) is 5.26 Å². The molecular formula is C26H30N4O3S. The largest absolute Gasteiger partial charge is 0.449 e. The quantitative estimate of drug-likeness (QED) is 0.584. The fourth-order valence-electron chi connectivity index (χ4n) is 4.75. The van der Waals surface area contributed by atoms with Crippen LogP contribution in [0.1, 0.15) is 59.7 Å². The first kappa shape index (κ1) is 24.0. The molecule has 0 spiro atoms. The molecule has 1 saturated heterocycles. The van der Waals surface area contributed by atoms with Crippen molar-refractivity contribution in [3.8, 4) is 6.07 Å². The zero-order chi connectivity index (χ0) is 24.1. The number of thiophene rings is 1. The smallest absolute Gasteiger partial charge is 0.410 e. The fraction of sp³-hybridized carbons (Fsp3) is 0.462. The van der Waals surface area contributed by atoms with Gasteiger partial charge in [-0.05, 0) is 80.2 Å². The van der Waals surface area contributed by atoms with Gasteiger partial charge in [0.2, 0.25) is 5.91 Å². The lowest BCUT2D eigenvalue weighted by molar-refractivity contribution is -0.111. The Morgan fingerprint density at radius 1 is 1.41 bits per heavy atom. The van der Waals surface area contributed by atoms with Crippen molar-refractivity contribution in [1.82, 2.24) is 9.88 Å². The van der Waals surface area contributed by atoms with Gasteiger partial charge in [0.1, 0.15) is 11.1 Å². The van der Waals surface area contributed by atoms with E-state index in [2.05, 4.69) is 23.3 Å². The Labute approximate surface area is 204 Å². The van der Waals surface area contributed by atoms with Crippen molar-refractivity contribution < 1.29 is 14.3 Å². The number of hydrogen-bond acceptors (Lipinski definition) is 6. The molecule has 8 heteroatoms. The second-order valence-corrected chi connectivity index (χ2v) is 10.1. The van der Waals surface area contributed by atoms with Crippen molar-refractivity contribution in [3.05, 3.63) is 51.7 Å². The van der Waals surface area contributed by atoms with Gasteiger partial charge in [-0.3, -0.25) is 9.78 Å². The van der Waals surface area contributed by atoms with Crippen LogP contribution in [-0.4, -0.2) is 41.1 Å². The molecule has 0 bridgehead atoms. The zero-order valence-electron chi connectivity index (χ0n) is 19.7. The van der Waals surface area contributed by atoms with E-state index in [-0.39, 0.29) is 17.9 Å². The molecule has 0 aromatic carbocycles. The Kier molecular flexibility index (Phi) is 7.63. The molecule has 2 aromatic heterocycles. The van der Waals surface area contributed by atoms with Crippen LogP contribution in [0.3, 0.4) is 0 Å². The van der Waals surface area contributed by atoms with Crippen LogP contribution in [-0.2, 0) is 22.4 Å². The van der Waals surface area contributed by atoms with E-state index < -0.39 is 0 Å². The summed E-state index contributed by atoms with van der Waals surface area (Å²) in [4.78, 5) is 32.1. The number of pyridine rings is 1. The summed E-state index contributed by atoms with van der Waals surface area (Å²) in [5, 5.41) is 13.2. The highest BCUT2D eigenvalue weighted by Crippen LogP contribution is 2.39. The lowest BCUT2D eigenvalue weighted by Crippen LogP contribution is -2.36. The Morgan fingerprint density at radius 3 is 3.03 bits per heavy atom. The lowest BCUT2D eigenvalue weighted by atomic mass is 9.88. The maximum absolute atomic E-state index is 12.5. The van der Waals surface area contributed by atoms with E-state index >= 15 is 0 Å². The van der Waals surface area contributed by atoms with E-state index in [0.717, 1.165) is 66.6 Å². The molecule has 34 heavy (non-hydrogen) atoms. The number of anilines is 1. The summed E-state index contributed by atoms with van der Waals surface area (Å²) in [6, 6.07) is 4.46. The van der Waals surface area contributed by atoms with Crippen LogP contribution >= 0.6 is 11.3 Å². The molecule has 1 N–H and O–H groups in total. The molecular weight excluding hydrogens is 448 g/mol. The van der Waals surface area contributed by atoms with E-state index in [4.69, 9.17) is 4.74 Å². The number of aromatic nitrogens is 1. The number of nitrogens with one attached hydrogen (secondary N) is 1. The second-order valence-electron chi connectivity index (χ2n) is 8.96. The first-order valence-corrected chi connectivity index (χ1v) is 12.7. The van der Waals surface area contributed by atoms with Gasteiger partial charge >= 0.3 is 6.09 Å².